The minimum absolute atomic E-state index is 0.0590. The zero-order valence-corrected chi connectivity index (χ0v) is 29.2. The average molecular weight is 724 g/mol. The van der Waals surface area contributed by atoms with E-state index in [4.69, 9.17) is 23.2 Å². The minimum Gasteiger partial charge on any atom is -0.388 e. The molecule has 2 aromatic heterocycles. The van der Waals surface area contributed by atoms with Crippen molar-refractivity contribution in [3.8, 4) is 0 Å². The minimum atomic E-state index is -1.21. The summed E-state index contributed by atoms with van der Waals surface area (Å²) in [5.41, 5.74) is 0.769. The number of hydrogen-bond acceptors (Lipinski definition) is 10. The van der Waals surface area contributed by atoms with Gasteiger partial charge in [-0.3, -0.25) is 4.21 Å². The summed E-state index contributed by atoms with van der Waals surface area (Å²) in [7, 11) is -1.21. The first-order valence-electron chi connectivity index (χ1n) is 14.7. The summed E-state index contributed by atoms with van der Waals surface area (Å²) < 4.78 is 38.6. The summed E-state index contributed by atoms with van der Waals surface area (Å²) in [4.78, 5) is 18.3. The number of rotatable bonds is 8. The van der Waals surface area contributed by atoms with Gasteiger partial charge in [-0.1, -0.05) is 24.3 Å². The Hall–Kier alpha value is -2.94. The van der Waals surface area contributed by atoms with Crippen molar-refractivity contribution in [2.75, 3.05) is 22.1 Å². The van der Waals surface area contributed by atoms with Crippen LogP contribution in [0.4, 0.5) is 20.4 Å². The van der Waals surface area contributed by atoms with Crippen molar-refractivity contribution in [1.29, 1.82) is 0 Å². The number of nitrogens with zero attached hydrogens (tertiary/aromatic N) is 4. The number of fused-ring (bicyclic) bond motifs is 2. The van der Waals surface area contributed by atoms with Crippen molar-refractivity contribution < 1.29 is 23.2 Å². The van der Waals surface area contributed by atoms with E-state index in [2.05, 4.69) is 30.6 Å². The van der Waals surface area contributed by atoms with E-state index in [1.807, 2.05) is 0 Å². The van der Waals surface area contributed by atoms with Gasteiger partial charge in [-0.2, -0.15) is 9.97 Å². The van der Waals surface area contributed by atoms with Crippen molar-refractivity contribution in [3.63, 3.8) is 0 Å². The molecule has 15 heteroatoms. The Labute approximate surface area is 288 Å². The van der Waals surface area contributed by atoms with E-state index in [0.717, 1.165) is 28.3 Å². The van der Waals surface area contributed by atoms with Crippen LogP contribution < -0.4 is 10.6 Å². The van der Waals surface area contributed by atoms with Gasteiger partial charge in [0.15, 0.2) is 0 Å². The number of aryl methyl sites for hydroxylation is 2. The Kier molecular flexibility index (Phi) is 10.7. The molecule has 4 N–H and O–H groups in total. The van der Waals surface area contributed by atoms with E-state index >= 15 is 0 Å². The molecule has 0 fully saturated rings. The maximum atomic E-state index is 13.2. The van der Waals surface area contributed by atoms with Gasteiger partial charge in [-0.15, -0.1) is 11.8 Å². The fourth-order valence-electron chi connectivity index (χ4n) is 5.32. The molecular weight excluding hydrogens is 689 g/mol. The standard InChI is InChI=1S/C16H17ClFN3O2S.C16H17ClFN3OS/c1-16(2,22)13(9-3-5-10(18)6-4-9)20-14-12-11(7-8-24(12)23)19-15(17)21-14;1-16(2,22)13(9-3-5-10(18)6-4-9)20-14-12-11(7-8-23-12)19-15(17)21-14/h3-6,13,22H,7-8H2,1-2H3,(H,19,20,21);3-6,13,22H,7-8H2,1-2H3,(H,19,20,21)/t13-,24?;13-/m11/s1. The molecule has 0 bridgehead atoms. The number of aromatic nitrogens is 4. The van der Waals surface area contributed by atoms with Crippen LogP contribution in [0.15, 0.2) is 58.3 Å². The fraction of sp³-hybridized carbons (Fsp3) is 0.375. The molecule has 0 saturated heterocycles. The van der Waals surface area contributed by atoms with Crippen LogP contribution in [0.25, 0.3) is 0 Å². The van der Waals surface area contributed by atoms with Crippen LogP contribution >= 0.6 is 35.0 Å². The molecule has 4 aromatic rings. The highest BCUT2D eigenvalue weighted by Crippen LogP contribution is 2.39. The van der Waals surface area contributed by atoms with Gasteiger partial charge in [0, 0.05) is 24.3 Å². The Bertz CT molecular complexity index is 1770. The van der Waals surface area contributed by atoms with Gasteiger partial charge in [0.2, 0.25) is 10.6 Å². The van der Waals surface area contributed by atoms with Crippen molar-refractivity contribution >= 4 is 57.4 Å². The maximum Gasteiger partial charge on any atom is 0.224 e. The number of hydrogen-bond donors (Lipinski definition) is 4. The van der Waals surface area contributed by atoms with Gasteiger partial charge in [-0.05, 0) is 86.3 Å². The van der Waals surface area contributed by atoms with E-state index in [9.17, 15) is 23.2 Å². The molecule has 0 radical (unpaired) electrons. The van der Waals surface area contributed by atoms with Gasteiger partial charge in [0.25, 0.3) is 0 Å². The van der Waals surface area contributed by atoms with E-state index in [1.165, 1.54) is 24.3 Å². The normalized spacial score (nSPS) is 16.9. The van der Waals surface area contributed by atoms with Gasteiger partial charge >= 0.3 is 0 Å². The van der Waals surface area contributed by atoms with Gasteiger partial charge < -0.3 is 20.8 Å². The van der Waals surface area contributed by atoms with Crippen molar-refractivity contribution in [3.05, 3.63) is 93.2 Å². The van der Waals surface area contributed by atoms with E-state index in [0.29, 0.717) is 40.0 Å². The maximum absolute atomic E-state index is 13.2. The molecule has 2 aromatic carbocycles. The topological polar surface area (TPSA) is 133 Å². The van der Waals surface area contributed by atoms with Crippen LogP contribution in [0.5, 0.6) is 0 Å². The summed E-state index contributed by atoms with van der Waals surface area (Å²) in [6.45, 7) is 6.66. The summed E-state index contributed by atoms with van der Waals surface area (Å²) in [6.07, 6.45) is 1.42. The third kappa shape index (κ3) is 8.57. The second-order valence-corrected chi connectivity index (χ2v) is 15.5. The summed E-state index contributed by atoms with van der Waals surface area (Å²) in [6, 6.07) is 10.8. The molecule has 4 heterocycles. The number of halogens is 4. The molecule has 0 saturated carbocycles. The molecule has 3 atom stereocenters. The third-order valence-electron chi connectivity index (χ3n) is 7.54. The smallest absolute Gasteiger partial charge is 0.224 e. The zero-order valence-electron chi connectivity index (χ0n) is 26.0. The molecule has 0 amide bonds. The van der Waals surface area contributed by atoms with E-state index in [-0.39, 0.29) is 22.2 Å². The van der Waals surface area contributed by atoms with Crippen molar-refractivity contribution in [1.82, 2.24) is 19.9 Å². The lowest BCUT2D eigenvalue weighted by Crippen LogP contribution is -2.35. The number of aliphatic hydroxyl groups is 2. The highest BCUT2D eigenvalue weighted by atomic mass is 35.5. The SMILES string of the molecule is CC(C)(O)[C@H](Nc1nc(Cl)nc2c1S(=O)CC2)c1ccc(F)cc1.CC(C)(O)[C@H](Nc1nc(Cl)nc2c1SCC2)c1ccc(F)cc1. The molecule has 6 rings (SSSR count). The van der Waals surface area contributed by atoms with Gasteiger partial charge in [0.1, 0.15) is 28.2 Å². The molecule has 0 spiro atoms. The highest BCUT2D eigenvalue weighted by molar-refractivity contribution is 7.99. The average Bonchev–Trinajstić information content (AvgIpc) is 3.61. The van der Waals surface area contributed by atoms with Crippen molar-refractivity contribution in [2.24, 2.45) is 0 Å². The van der Waals surface area contributed by atoms with E-state index < -0.39 is 34.1 Å². The Morgan fingerprint density at radius 1 is 0.766 bits per heavy atom. The van der Waals surface area contributed by atoms with E-state index in [1.54, 1.807) is 63.7 Å². The summed E-state index contributed by atoms with van der Waals surface area (Å²) in [5, 5.41) is 27.7. The molecule has 2 aliphatic heterocycles. The number of thioether (sulfide) groups is 1. The molecule has 1 unspecified atom stereocenters. The lowest BCUT2D eigenvalue weighted by Gasteiger charge is -2.31. The lowest BCUT2D eigenvalue weighted by atomic mass is 9.92. The first-order chi connectivity index (χ1) is 22.1. The predicted octanol–water partition coefficient (Wildman–Crippen LogP) is 6.70. The molecule has 9 nitrogen and oxygen atoms in total. The molecular formula is C32H34Cl2F2N6O3S2. The van der Waals surface area contributed by atoms with Crippen LogP contribution in [-0.4, -0.2) is 57.1 Å². The summed E-state index contributed by atoms with van der Waals surface area (Å²) in [5.74, 6) is 1.69. The van der Waals surface area contributed by atoms with Crippen LogP contribution in [0.1, 0.15) is 62.3 Å². The first kappa shape index (κ1) is 35.4. The number of nitrogens with one attached hydrogen (secondary N) is 2. The molecule has 2 aliphatic rings. The third-order valence-corrected chi connectivity index (χ3v) is 10.5. The van der Waals surface area contributed by atoms with Gasteiger partial charge in [0.05, 0.1) is 50.4 Å². The summed E-state index contributed by atoms with van der Waals surface area (Å²) >= 11 is 13.6. The second kappa shape index (κ2) is 14.3. The lowest BCUT2D eigenvalue weighted by molar-refractivity contribution is 0.0581. The van der Waals surface area contributed by atoms with Crippen molar-refractivity contribution in [2.45, 2.75) is 73.6 Å². The van der Waals surface area contributed by atoms with Crippen LogP contribution in [0.2, 0.25) is 10.6 Å². The van der Waals surface area contributed by atoms with Crippen LogP contribution in [0.3, 0.4) is 0 Å². The second-order valence-electron chi connectivity index (χ2n) is 12.2. The van der Waals surface area contributed by atoms with Crippen LogP contribution in [0, 0.1) is 11.6 Å². The van der Waals surface area contributed by atoms with Crippen LogP contribution in [-0.2, 0) is 23.6 Å². The molecule has 47 heavy (non-hydrogen) atoms. The Morgan fingerprint density at radius 3 is 1.74 bits per heavy atom. The Morgan fingerprint density at radius 2 is 1.23 bits per heavy atom. The Balaban J connectivity index is 0.000000185. The zero-order chi connectivity index (χ0) is 34.1. The molecule has 0 aliphatic carbocycles. The number of anilines is 2. The first-order valence-corrected chi connectivity index (χ1v) is 17.8. The predicted molar refractivity (Wildman–Crippen MR) is 182 cm³/mol. The fourth-order valence-corrected chi connectivity index (χ4v) is 8.06. The molecule has 250 valence electrons. The van der Waals surface area contributed by atoms with Gasteiger partial charge in [-0.25, -0.2) is 18.7 Å². The number of benzene rings is 2. The largest absolute Gasteiger partial charge is 0.388 e. The highest BCUT2D eigenvalue weighted by Gasteiger charge is 2.33. The quantitative estimate of drug-likeness (QED) is 0.146. The monoisotopic (exact) mass is 722 g/mol.